The number of hydrogen-bond donors (Lipinski definition) is 0. The molecule has 0 unspecified atom stereocenters. The first-order valence-electron chi connectivity index (χ1n) is 8.56. The molecule has 0 atom stereocenters. The highest BCUT2D eigenvalue weighted by atomic mass is 16.5. The first-order chi connectivity index (χ1) is 11.5. The van der Waals surface area contributed by atoms with Crippen LogP contribution in [0.1, 0.15) is 55.3 Å². The number of piperidine rings is 1. The number of hydrogen-bond acceptors (Lipinski definition) is 3. The molecule has 3 rings (SSSR count). The van der Waals surface area contributed by atoms with E-state index in [1.54, 1.807) is 11.8 Å². The highest BCUT2D eigenvalue weighted by Crippen LogP contribution is 2.28. The number of benzene rings is 1. The lowest BCUT2D eigenvalue weighted by Crippen LogP contribution is -2.40. The Morgan fingerprint density at radius 1 is 1.17 bits per heavy atom. The van der Waals surface area contributed by atoms with Gasteiger partial charge >= 0.3 is 11.7 Å². The summed E-state index contributed by atoms with van der Waals surface area (Å²) < 4.78 is 6.37. The van der Waals surface area contributed by atoms with Crippen molar-refractivity contribution in [3.8, 4) is 0 Å². The summed E-state index contributed by atoms with van der Waals surface area (Å²) in [5, 5.41) is 0. The molecule has 1 aromatic heterocycles. The molecule has 1 aliphatic rings. The number of carbonyl (C=O) groups is 1. The molecule has 24 heavy (non-hydrogen) atoms. The zero-order chi connectivity index (χ0) is 17.3. The molecular formula is C19H24N2O3. The topological polar surface area (TPSA) is 55.5 Å². The molecule has 2 heterocycles. The van der Waals surface area contributed by atoms with Crippen molar-refractivity contribution in [2.24, 2.45) is 0 Å². The summed E-state index contributed by atoms with van der Waals surface area (Å²) >= 11 is 0. The highest BCUT2D eigenvalue weighted by Gasteiger charge is 2.28. The Labute approximate surface area is 141 Å². The molecule has 2 aromatic rings. The van der Waals surface area contributed by atoms with E-state index in [-0.39, 0.29) is 11.9 Å². The van der Waals surface area contributed by atoms with E-state index in [9.17, 15) is 9.59 Å². The van der Waals surface area contributed by atoms with Crippen LogP contribution in [0, 0.1) is 6.92 Å². The minimum Gasteiger partial charge on any atom is -0.327 e. The van der Waals surface area contributed by atoms with E-state index in [0.29, 0.717) is 30.3 Å². The van der Waals surface area contributed by atoms with Crippen molar-refractivity contribution in [1.29, 1.82) is 0 Å². The Kier molecular flexibility index (Phi) is 4.60. The fourth-order valence-corrected chi connectivity index (χ4v) is 3.55. The second-order valence-electron chi connectivity index (χ2n) is 6.78. The monoisotopic (exact) mass is 328 g/mol. The predicted molar refractivity (Wildman–Crippen MR) is 92.6 cm³/mol. The molecule has 1 aromatic carbocycles. The van der Waals surface area contributed by atoms with Crippen molar-refractivity contribution in [3.63, 3.8) is 0 Å². The van der Waals surface area contributed by atoms with Crippen LogP contribution < -0.4 is 5.63 Å². The van der Waals surface area contributed by atoms with Gasteiger partial charge in [0.25, 0.3) is 0 Å². The van der Waals surface area contributed by atoms with E-state index in [2.05, 4.69) is 24.3 Å². The van der Waals surface area contributed by atoms with Gasteiger partial charge in [0.2, 0.25) is 0 Å². The van der Waals surface area contributed by atoms with E-state index < -0.39 is 5.63 Å². The van der Waals surface area contributed by atoms with Crippen molar-refractivity contribution in [3.05, 3.63) is 57.6 Å². The molecule has 1 aliphatic heterocycles. The Morgan fingerprint density at radius 3 is 2.33 bits per heavy atom. The summed E-state index contributed by atoms with van der Waals surface area (Å²) in [5.74, 6) is 0.526. The van der Waals surface area contributed by atoms with Crippen LogP contribution >= 0.6 is 0 Å². The fourth-order valence-electron chi connectivity index (χ4n) is 3.55. The fraction of sp³-hybridized carbons (Fsp3) is 0.474. The highest BCUT2D eigenvalue weighted by molar-refractivity contribution is 5.76. The van der Waals surface area contributed by atoms with Gasteiger partial charge in [0, 0.05) is 13.1 Å². The first-order valence-corrected chi connectivity index (χ1v) is 8.56. The molecule has 5 heteroatoms. The van der Waals surface area contributed by atoms with Crippen LogP contribution in [0.3, 0.4) is 0 Å². The molecule has 0 N–H and O–H groups in total. The molecule has 1 saturated heterocycles. The van der Waals surface area contributed by atoms with Gasteiger partial charge in [0.15, 0.2) is 0 Å². The number of rotatable bonds is 2. The van der Waals surface area contributed by atoms with Crippen LogP contribution in [-0.2, 0) is 0 Å². The van der Waals surface area contributed by atoms with Gasteiger partial charge in [0.05, 0.1) is 11.3 Å². The van der Waals surface area contributed by atoms with Crippen molar-refractivity contribution in [1.82, 2.24) is 9.64 Å². The van der Waals surface area contributed by atoms with Crippen molar-refractivity contribution in [2.75, 3.05) is 13.1 Å². The number of aromatic nitrogens is 1. The summed E-state index contributed by atoms with van der Waals surface area (Å²) in [6.45, 7) is 6.99. The van der Waals surface area contributed by atoms with Gasteiger partial charge in [-0.3, -0.25) is 0 Å². The van der Waals surface area contributed by atoms with Gasteiger partial charge in [-0.05, 0) is 37.2 Å². The minimum atomic E-state index is -0.407. The Bertz CT molecular complexity index is 766. The maximum Gasteiger partial charge on any atom is 0.361 e. The van der Waals surface area contributed by atoms with Crippen molar-refractivity contribution in [2.45, 2.75) is 45.4 Å². The first kappa shape index (κ1) is 16.6. The lowest BCUT2D eigenvalue weighted by Gasteiger charge is -2.31. The van der Waals surface area contributed by atoms with Crippen LogP contribution in [0.25, 0.3) is 0 Å². The van der Waals surface area contributed by atoms with Gasteiger partial charge in [-0.15, -0.1) is 4.74 Å². The molecule has 5 nitrogen and oxygen atoms in total. The molecule has 0 saturated carbocycles. The van der Waals surface area contributed by atoms with Crippen LogP contribution in [0.4, 0.5) is 4.79 Å². The lowest BCUT2D eigenvalue weighted by molar-refractivity contribution is 0.151. The van der Waals surface area contributed by atoms with Gasteiger partial charge in [-0.1, -0.05) is 44.2 Å². The summed E-state index contributed by atoms with van der Waals surface area (Å²) in [6, 6.07) is 10.2. The average Bonchev–Trinajstić information content (AvgIpc) is 2.89. The Morgan fingerprint density at radius 2 is 1.79 bits per heavy atom. The summed E-state index contributed by atoms with van der Waals surface area (Å²) in [5.41, 5.74) is 2.12. The van der Waals surface area contributed by atoms with Crippen molar-refractivity contribution < 1.29 is 9.32 Å². The van der Waals surface area contributed by atoms with E-state index in [1.807, 2.05) is 19.9 Å². The van der Waals surface area contributed by atoms with Crippen LogP contribution in [0.2, 0.25) is 0 Å². The number of likely N-dealkylation sites (tertiary alicyclic amines) is 1. The van der Waals surface area contributed by atoms with Gasteiger partial charge < -0.3 is 9.42 Å². The zero-order valence-electron chi connectivity index (χ0n) is 14.5. The maximum absolute atomic E-state index is 12.7. The number of carbonyl (C=O) groups excluding carboxylic acids is 1. The standard InChI is InChI=1S/C19H24N2O3/c1-13(2)17-14(3)21(24-18(17)22)19(23)20-11-9-16(10-12-20)15-7-5-4-6-8-15/h4-8,13,16H,9-12H2,1-3H3. The lowest BCUT2D eigenvalue weighted by atomic mass is 9.90. The predicted octanol–water partition coefficient (Wildman–Crippen LogP) is 3.72. The van der Waals surface area contributed by atoms with Crippen LogP contribution in [-0.4, -0.2) is 28.8 Å². The summed E-state index contributed by atoms with van der Waals surface area (Å²) in [6.07, 6.45) is 1.86. The van der Waals surface area contributed by atoms with Crippen LogP contribution in [0.5, 0.6) is 0 Å². The smallest absolute Gasteiger partial charge is 0.327 e. The SMILES string of the molecule is Cc1c(C(C)C)c(=O)on1C(=O)N1CCC(c2ccccc2)CC1. The van der Waals surface area contributed by atoms with Gasteiger partial charge in [-0.2, -0.15) is 0 Å². The Hall–Kier alpha value is -2.30. The van der Waals surface area contributed by atoms with E-state index in [4.69, 9.17) is 4.52 Å². The second-order valence-corrected chi connectivity index (χ2v) is 6.78. The average molecular weight is 328 g/mol. The zero-order valence-corrected chi connectivity index (χ0v) is 14.5. The van der Waals surface area contributed by atoms with Crippen molar-refractivity contribution >= 4 is 6.03 Å². The summed E-state index contributed by atoms with van der Waals surface area (Å²) in [4.78, 5) is 26.5. The molecule has 1 amide bonds. The third-order valence-electron chi connectivity index (χ3n) is 4.88. The molecule has 1 fully saturated rings. The molecule has 0 spiro atoms. The molecule has 0 bridgehead atoms. The summed E-state index contributed by atoms with van der Waals surface area (Å²) in [7, 11) is 0. The maximum atomic E-state index is 12.7. The van der Waals surface area contributed by atoms with Gasteiger partial charge in [-0.25, -0.2) is 9.59 Å². The molecular weight excluding hydrogens is 304 g/mol. The van der Waals surface area contributed by atoms with E-state index in [1.165, 1.54) is 10.3 Å². The molecule has 0 radical (unpaired) electrons. The normalized spacial score (nSPS) is 15.9. The third-order valence-corrected chi connectivity index (χ3v) is 4.88. The molecule has 128 valence electrons. The molecule has 0 aliphatic carbocycles. The number of nitrogens with zero attached hydrogens (tertiary/aromatic N) is 2. The number of amides is 1. The largest absolute Gasteiger partial charge is 0.361 e. The quantitative estimate of drug-likeness (QED) is 0.844. The minimum absolute atomic E-state index is 0.0408. The van der Waals surface area contributed by atoms with Gasteiger partial charge in [0.1, 0.15) is 0 Å². The second kappa shape index (κ2) is 6.67. The third kappa shape index (κ3) is 3.03. The Balaban J connectivity index is 1.72. The van der Waals surface area contributed by atoms with E-state index in [0.717, 1.165) is 12.8 Å². The van der Waals surface area contributed by atoms with E-state index >= 15 is 0 Å². The van der Waals surface area contributed by atoms with Crippen LogP contribution in [0.15, 0.2) is 39.6 Å².